The number of hydrogen-bond acceptors (Lipinski definition) is 15. The van der Waals surface area contributed by atoms with Gasteiger partial charge in [0.15, 0.2) is 18.7 Å². The average Bonchev–Trinajstić information content (AvgIpc) is 3.31. The van der Waals surface area contributed by atoms with Crippen LogP contribution in [0.3, 0.4) is 0 Å². The molecule has 2 heterocycles. The summed E-state index contributed by atoms with van der Waals surface area (Å²) < 4.78 is 33.5. The number of esters is 2. The van der Waals surface area contributed by atoms with Crippen molar-refractivity contribution in [1.82, 2.24) is 0 Å². The van der Waals surface area contributed by atoms with E-state index in [1.807, 2.05) is 0 Å². The molecule has 0 spiro atoms. The molecule has 0 amide bonds. The smallest absolute Gasteiger partial charge is 0.306 e. The zero-order valence-corrected chi connectivity index (χ0v) is 39.9. The molecule has 0 bridgehead atoms. The molecule has 11 atom stereocenters. The van der Waals surface area contributed by atoms with Gasteiger partial charge in [0.1, 0.15) is 55.4 Å². The molecule has 7 N–H and O–H groups in total. The third kappa shape index (κ3) is 26.1. The minimum absolute atomic E-state index is 0.140. The third-order valence-electron chi connectivity index (χ3n) is 11.5. The predicted octanol–water partition coefficient (Wildman–Crippen LogP) is 6.49. The molecule has 0 radical (unpaired) electrons. The van der Waals surface area contributed by atoms with Crippen molar-refractivity contribution in [2.75, 3.05) is 26.4 Å². The van der Waals surface area contributed by atoms with Gasteiger partial charge in [-0.25, -0.2) is 0 Å². The molecule has 15 nitrogen and oxygen atoms in total. The summed E-state index contributed by atoms with van der Waals surface area (Å²) in [6.45, 7) is 2.40. The van der Waals surface area contributed by atoms with Gasteiger partial charge in [0.05, 0.1) is 19.8 Å². The SMILES string of the molecule is CCC=CCC=CCC=CCCCCCCCC(=O)OC(COC(=O)CCCCCCCC=CCC=CCCCCC)COC1OC(COC2OC(CO)C(O)C(O)C2O)C(O)C(O)C1O. The van der Waals surface area contributed by atoms with Gasteiger partial charge in [-0.15, -0.1) is 0 Å². The first-order valence-electron chi connectivity index (χ1n) is 24.9. The van der Waals surface area contributed by atoms with Gasteiger partial charge in [0, 0.05) is 12.8 Å². The van der Waals surface area contributed by atoms with Gasteiger partial charge in [-0.05, 0) is 77.0 Å². The zero-order chi connectivity index (χ0) is 48.2. The summed E-state index contributed by atoms with van der Waals surface area (Å²) in [5, 5.41) is 72.0. The van der Waals surface area contributed by atoms with E-state index < -0.39 is 99.3 Å². The van der Waals surface area contributed by atoms with Gasteiger partial charge in [-0.3, -0.25) is 9.59 Å². The number of carbonyl (C=O) groups is 2. The fraction of sp³-hybridized carbons (Fsp3) is 0.765. The van der Waals surface area contributed by atoms with Crippen molar-refractivity contribution in [2.24, 2.45) is 0 Å². The highest BCUT2D eigenvalue weighted by molar-refractivity contribution is 5.70. The van der Waals surface area contributed by atoms with Crippen LogP contribution in [0.2, 0.25) is 0 Å². The summed E-state index contributed by atoms with van der Waals surface area (Å²) in [5.41, 5.74) is 0. The van der Waals surface area contributed by atoms with Crippen LogP contribution in [0.4, 0.5) is 0 Å². The summed E-state index contributed by atoms with van der Waals surface area (Å²) in [7, 11) is 0. The number of unbranched alkanes of at least 4 members (excludes halogenated alkanes) is 13. The van der Waals surface area contributed by atoms with E-state index in [0.29, 0.717) is 12.8 Å². The normalized spacial score (nSPS) is 26.7. The quantitative estimate of drug-likeness (QED) is 0.0201. The first-order chi connectivity index (χ1) is 32.0. The van der Waals surface area contributed by atoms with Crippen molar-refractivity contribution in [2.45, 2.75) is 223 Å². The van der Waals surface area contributed by atoms with E-state index in [1.54, 1.807) is 0 Å². The maximum Gasteiger partial charge on any atom is 0.306 e. The Hall–Kier alpha value is -2.80. The number of ether oxygens (including phenoxy) is 6. The molecule has 15 heteroatoms. The molecule has 66 heavy (non-hydrogen) atoms. The topological polar surface area (TPSA) is 231 Å². The van der Waals surface area contributed by atoms with Gasteiger partial charge in [-0.2, -0.15) is 0 Å². The summed E-state index contributed by atoms with van der Waals surface area (Å²) in [6.07, 6.45) is 25.3. The van der Waals surface area contributed by atoms with Crippen LogP contribution < -0.4 is 0 Å². The van der Waals surface area contributed by atoms with E-state index >= 15 is 0 Å². The Labute approximate surface area is 394 Å². The number of hydrogen-bond donors (Lipinski definition) is 7. The Morgan fingerprint density at radius 2 is 0.955 bits per heavy atom. The van der Waals surface area contributed by atoms with E-state index in [9.17, 15) is 45.3 Å². The fourth-order valence-corrected chi connectivity index (χ4v) is 7.38. The van der Waals surface area contributed by atoms with Crippen LogP contribution in [0.25, 0.3) is 0 Å². The number of aliphatic hydroxyl groups is 7. The van der Waals surface area contributed by atoms with Crippen molar-refractivity contribution < 1.29 is 73.8 Å². The molecule has 380 valence electrons. The second kappa shape index (κ2) is 38.1. The minimum Gasteiger partial charge on any atom is -0.462 e. The summed E-state index contributed by atoms with van der Waals surface area (Å²) in [4.78, 5) is 25.7. The molecule has 0 aromatic heterocycles. The largest absolute Gasteiger partial charge is 0.462 e. The zero-order valence-electron chi connectivity index (χ0n) is 39.9. The van der Waals surface area contributed by atoms with Crippen molar-refractivity contribution in [3.8, 4) is 0 Å². The Morgan fingerprint density at radius 1 is 0.500 bits per heavy atom. The molecule has 0 aliphatic carbocycles. The minimum atomic E-state index is -1.77. The lowest BCUT2D eigenvalue weighted by Gasteiger charge is -2.42. The molecule has 2 saturated heterocycles. The Morgan fingerprint density at radius 3 is 1.50 bits per heavy atom. The molecule has 0 saturated carbocycles. The highest BCUT2D eigenvalue weighted by atomic mass is 16.7. The molecule has 2 aliphatic heterocycles. The second-order valence-electron chi connectivity index (χ2n) is 17.3. The van der Waals surface area contributed by atoms with E-state index in [0.717, 1.165) is 96.3 Å². The van der Waals surface area contributed by atoms with Gasteiger partial charge in [0.2, 0.25) is 0 Å². The summed E-state index contributed by atoms with van der Waals surface area (Å²) in [6, 6.07) is 0. The standard InChI is InChI=1S/C51H86O15/c1-3-5-7-9-11-13-15-17-19-21-23-25-27-29-31-33-42(53)61-36-39(64-43(54)34-32-30-28-26-24-22-20-18-16-14-12-10-8-6-4-2)37-62-50-49(60)47(58)45(56)41(66-50)38-63-51-48(59)46(57)44(55)40(35-52)65-51/h6,8,11-14,17-20,39-41,44-52,55-60H,3-5,7,9-10,15-16,21-38H2,1-2H3. The van der Waals surface area contributed by atoms with Gasteiger partial charge in [-0.1, -0.05) is 126 Å². The van der Waals surface area contributed by atoms with Crippen molar-refractivity contribution >= 4 is 11.9 Å². The highest BCUT2D eigenvalue weighted by Gasteiger charge is 2.47. The maximum atomic E-state index is 13.0. The molecular formula is C51H86O15. The Bertz CT molecular complexity index is 1380. The van der Waals surface area contributed by atoms with Gasteiger partial charge in [0.25, 0.3) is 0 Å². The lowest BCUT2D eigenvalue weighted by Crippen LogP contribution is -2.61. The number of carbonyl (C=O) groups excluding carboxylic acids is 2. The summed E-state index contributed by atoms with van der Waals surface area (Å²) in [5.74, 6) is -0.966. The van der Waals surface area contributed by atoms with Crippen LogP contribution in [0.1, 0.15) is 155 Å². The van der Waals surface area contributed by atoms with Crippen LogP contribution in [0.15, 0.2) is 60.8 Å². The lowest BCUT2D eigenvalue weighted by atomic mass is 9.98. The predicted molar refractivity (Wildman–Crippen MR) is 252 cm³/mol. The highest BCUT2D eigenvalue weighted by Crippen LogP contribution is 2.26. The van der Waals surface area contributed by atoms with E-state index in [2.05, 4.69) is 74.6 Å². The van der Waals surface area contributed by atoms with E-state index in [-0.39, 0.29) is 19.4 Å². The van der Waals surface area contributed by atoms with Crippen molar-refractivity contribution in [1.29, 1.82) is 0 Å². The molecule has 0 aromatic carbocycles. The van der Waals surface area contributed by atoms with Gasteiger partial charge < -0.3 is 64.2 Å². The van der Waals surface area contributed by atoms with Crippen LogP contribution in [-0.4, -0.2) is 142 Å². The number of rotatable bonds is 37. The number of aliphatic hydroxyl groups excluding tert-OH is 7. The third-order valence-corrected chi connectivity index (χ3v) is 11.5. The van der Waals surface area contributed by atoms with Crippen molar-refractivity contribution in [3.63, 3.8) is 0 Å². The van der Waals surface area contributed by atoms with Crippen LogP contribution in [0, 0.1) is 0 Å². The molecule has 11 unspecified atom stereocenters. The van der Waals surface area contributed by atoms with Crippen molar-refractivity contribution in [3.05, 3.63) is 60.8 Å². The van der Waals surface area contributed by atoms with Crippen LogP contribution in [-0.2, 0) is 38.0 Å². The van der Waals surface area contributed by atoms with E-state index in [4.69, 9.17) is 28.4 Å². The number of allylic oxidation sites excluding steroid dienone is 10. The molecule has 2 rings (SSSR count). The summed E-state index contributed by atoms with van der Waals surface area (Å²) >= 11 is 0. The van der Waals surface area contributed by atoms with E-state index in [1.165, 1.54) is 19.3 Å². The first-order valence-corrected chi connectivity index (χ1v) is 24.9. The Balaban J connectivity index is 1.84. The van der Waals surface area contributed by atoms with Gasteiger partial charge >= 0.3 is 11.9 Å². The fourth-order valence-electron chi connectivity index (χ4n) is 7.38. The first kappa shape index (κ1) is 59.3. The Kier molecular flexibility index (Phi) is 34.2. The maximum absolute atomic E-state index is 13.0. The lowest BCUT2D eigenvalue weighted by molar-refractivity contribution is -0.332. The monoisotopic (exact) mass is 939 g/mol. The molecule has 0 aromatic rings. The molecule has 2 aliphatic rings. The molecule has 2 fully saturated rings. The second-order valence-corrected chi connectivity index (χ2v) is 17.3. The van der Waals surface area contributed by atoms with Crippen LogP contribution >= 0.6 is 0 Å². The molecular weight excluding hydrogens is 853 g/mol. The average molecular weight is 939 g/mol. The van der Waals surface area contributed by atoms with Crippen LogP contribution in [0.5, 0.6) is 0 Å².